The molecule has 2 nitrogen and oxygen atoms in total. The smallest absolute Gasteiger partial charge is 0.335 e. The lowest BCUT2D eigenvalue weighted by Crippen LogP contribution is -1.94. The summed E-state index contributed by atoms with van der Waals surface area (Å²) in [6.07, 6.45) is 1.36. The Morgan fingerprint density at radius 2 is 2.33 bits per heavy atom. The molecule has 1 heterocycles. The van der Waals surface area contributed by atoms with Gasteiger partial charge in [0.15, 0.2) is 0 Å². The number of rotatable bonds is 1. The fraction of sp³-hybridized carbons (Fsp3) is 0.167. The van der Waals surface area contributed by atoms with E-state index in [1.165, 1.54) is 12.3 Å². The summed E-state index contributed by atoms with van der Waals surface area (Å²) in [5.74, 6) is 0.379. The highest BCUT2D eigenvalue weighted by molar-refractivity contribution is 6.17. The summed E-state index contributed by atoms with van der Waals surface area (Å²) in [5.41, 5.74) is 0.472. The van der Waals surface area contributed by atoms with E-state index in [0.717, 1.165) is 5.56 Å². The van der Waals surface area contributed by atoms with Crippen LogP contribution in [-0.2, 0) is 5.88 Å². The van der Waals surface area contributed by atoms with Crippen molar-refractivity contribution in [3.8, 4) is 0 Å². The van der Waals surface area contributed by atoms with Gasteiger partial charge in [-0.25, -0.2) is 4.79 Å². The molecule has 0 atom stereocenters. The second-order valence-electron chi connectivity index (χ2n) is 1.60. The summed E-state index contributed by atoms with van der Waals surface area (Å²) in [5, 5.41) is 0. The van der Waals surface area contributed by atoms with Gasteiger partial charge in [-0.05, 0) is 6.07 Å². The number of alkyl halides is 1. The fourth-order valence-corrected chi connectivity index (χ4v) is 0.616. The van der Waals surface area contributed by atoms with E-state index in [4.69, 9.17) is 11.6 Å². The standard InChI is InChI=1S/C6H5ClO2/c7-3-5-1-2-6(8)9-4-5/h1-2,4H,3H2. The third-order valence-electron chi connectivity index (χ3n) is 0.914. The summed E-state index contributed by atoms with van der Waals surface area (Å²) in [6, 6.07) is 2.98. The van der Waals surface area contributed by atoms with Crippen molar-refractivity contribution in [3.05, 3.63) is 34.4 Å². The van der Waals surface area contributed by atoms with Gasteiger partial charge in [-0.1, -0.05) is 0 Å². The second-order valence-corrected chi connectivity index (χ2v) is 1.86. The molecule has 0 N–H and O–H groups in total. The fourth-order valence-electron chi connectivity index (χ4n) is 0.463. The van der Waals surface area contributed by atoms with Crippen molar-refractivity contribution in [2.45, 2.75) is 5.88 Å². The van der Waals surface area contributed by atoms with Crippen LogP contribution in [0.5, 0.6) is 0 Å². The van der Waals surface area contributed by atoms with Crippen LogP contribution in [0.3, 0.4) is 0 Å². The van der Waals surface area contributed by atoms with Crippen molar-refractivity contribution in [3.63, 3.8) is 0 Å². The Hall–Kier alpha value is -0.760. The average molecular weight is 145 g/mol. The maximum Gasteiger partial charge on any atom is 0.335 e. The van der Waals surface area contributed by atoms with Crippen LogP contribution in [0.25, 0.3) is 0 Å². The zero-order chi connectivity index (χ0) is 6.69. The molecule has 1 aromatic heterocycles. The van der Waals surface area contributed by atoms with Crippen LogP contribution in [-0.4, -0.2) is 0 Å². The van der Waals surface area contributed by atoms with E-state index in [1.54, 1.807) is 6.07 Å². The molecule has 0 saturated carbocycles. The molecule has 0 unspecified atom stereocenters. The van der Waals surface area contributed by atoms with Crippen LogP contribution in [0.2, 0.25) is 0 Å². The predicted molar refractivity (Wildman–Crippen MR) is 34.5 cm³/mol. The van der Waals surface area contributed by atoms with Crippen LogP contribution in [0, 0.1) is 0 Å². The quantitative estimate of drug-likeness (QED) is 0.558. The Morgan fingerprint density at radius 1 is 1.56 bits per heavy atom. The van der Waals surface area contributed by atoms with Gasteiger partial charge in [-0.15, -0.1) is 11.6 Å². The molecule has 0 aliphatic rings. The van der Waals surface area contributed by atoms with E-state index >= 15 is 0 Å². The van der Waals surface area contributed by atoms with Crippen LogP contribution in [0.4, 0.5) is 0 Å². The highest BCUT2D eigenvalue weighted by Crippen LogP contribution is 1.98. The number of halogens is 1. The van der Waals surface area contributed by atoms with Crippen molar-refractivity contribution >= 4 is 11.6 Å². The first-order chi connectivity index (χ1) is 4.33. The summed E-state index contributed by atoms with van der Waals surface area (Å²) >= 11 is 5.42. The van der Waals surface area contributed by atoms with Gasteiger partial charge in [0.2, 0.25) is 0 Å². The van der Waals surface area contributed by atoms with E-state index in [0.29, 0.717) is 5.88 Å². The highest BCUT2D eigenvalue weighted by Gasteiger charge is 1.88. The van der Waals surface area contributed by atoms with E-state index < -0.39 is 0 Å². The molecular formula is C6H5ClO2. The average Bonchev–Trinajstić information content (AvgIpc) is 1.90. The zero-order valence-electron chi connectivity index (χ0n) is 4.63. The summed E-state index contributed by atoms with van der Waals surface area (Å²) in [4.78, 5) is 10.3. The molecule has 3 heteroatoms. The van der Waals surface area contributed by atoms with E-state index in [9.17, 15) is 4.79 Å². The van der Waals surface area contributed by atoms with E-state index in [1.807, 2.05) is 0 Å². The molecule has 0 aliphatic carbocycles. The third kappa shape index (κ3) is 1.57. The molecule has 0 amide bonds. The third-order valence-corrected chi connectivity index (χ3v) is 1.22. The molecule has 1 rings (SSSR count). The van der Waals surface area contributed by atoms with Crippen LogP contribution < -0.4 is 5.63 Å². The molecule has 0 bridgehead atoms. The SMILES string of the molecule is O=c1ccc(CCl)co1. The monoisotopic (exact) mass is 144 g/mol. The molecule has 48 valence electrons. The van der Waals surface area contributed by atoms with E-state index in [2.05, 4.69) is 4.42 Å². The van der Waals surface area contributed by atoms with Crippen molar-refractivity contribution < 1.29 is 4.42 Å². The maximum atomic E-state index is 10.3. The van der Waals surface area contributed by atoms with Crippen LogP contribution in [0.1, 0.15) is 5.56 Å². The Labute approximate surface area is 57.1 Å². The van der Waals surface area contributed by atoms with Crippen molar-refractivity contribution in [2.24, 2.45) is 0 Å². The molecule has 9 heavy (non-hydrogen) atoms. The Morgan fingerprint density at radius 3 is 2.78 bits per heavy atom. The topological polar surface area (TPSA) is 30.2 Å². The van der Waals surface area contributed by atoms with Crippen molar-refractivity contribution in [1.82, 2.24) is 0 Å². The summed E-state index contributed by atoms with van der Waals surface area (Å²) in [6.45, 7) is 0. The van der Waals surface area contributed by atoms with Crippen LogP contribution >= 0.6 is 11.6 Å². The van der Waals surface area contributed by atoms with Gasteiger partial charge in [-0.2, -0.15) is 0 Å². The predicted octanol–water partition coefficient (Wildman–Crippen LogP) is 1.38. The normalized spacial score (nSPS) is 9.44. The first kappa shape index (κ1) is 6.36. The van der Waals surface area contributed by atoms with Gasteiger partial charge in [0, 0.05) is 11.6 Å². The van der Waals surface area contributed by atoms with Gasteiger partial charge in [-0.3, -0.25) is 0 Å². The highest BCUT2D eigenvalue weighted by atomic mass is 35.5. The zero-order valence-corrected chi connectivity index (χ0v) is 5.39. The second kappa shape index (κ2) is 2.69. The first-order valence-electron chi connectivity index (χ1n) is 2.46. The molecular weight excluding hydrogens is 140 g/mol. The lowest BCUT2D eigenvalue weighted by atomic mass is 10.3. The number of hydrogen-bond acceptors (Lipinski definition) is 2. The summed E-state index contributed by atoms with van der Waals surface area (Å²) in [7, 11) is 0. The largest absolute Gasteiger partial charge is 0.431 e. The van der Waals surface area contributed by atoms with Crippen molar-refractivity contribution in [1.29, 1.82) is 0 Å². The summed E-state index contributed by atoms with van der Waals surface area (Å²) < 4.78 is 4.51. The van der Waals surface area contributed by atoms with Gasteiger partial charge in [0.25, 0.3) is 0 Å². The minimum absolute atomic E-state index is 0.344. The Kier molecular flexibility index (Phi) is 1.90. The Balaban J connectivity index is 3.02. The lowest BCUT2D eigenvalue weighted by molar-refractivity contribution is 0.506. The van der Waals surface area contributed by atoms with Crippen molar-refractivity contribution in [2.75, 3.05) is 0 Å². The Bertz CT molecular complexity index is 221. The first-order valence-corrected chi connectivity index (χ1v) is 3.00. The maximum absolute atomic E-state index is 10.3. The van der Waals surface area contributed by atoms with Gasteiger partial charge in [0.1, 0.15) is 0 Å². The molecule has 0 fully saturated rings. The molecule has 0 aromatic carbocycles. The van der Waals surface area contributed by atoms with Crippen LogP contribution in [0.15, 0.2) is 27.6 Å². The van der Waals surface area contributed by atoms with E-state index in [-0.39, 0.29) is 5.63 Å². The minimum atomic E-state index is -0.344. The van der Waals surface area contributed by atoms with Gasteiger partial charge in [0.05, 0.1) is 12.1 Å². The minimum Gasteiger partial charge on any atom is -0.431 e. The number of hydrogen-bond donors (Lipinski definition) is 0. The molecule has 0 saturated heterocycles. The molecule has 0 radical (unpaired) electrons. The van der Waals surface area contributed by atoms with Gasteiger partial charge >= 0.3 is 5.63 Å². The lowest BCUT2D eigenvalue weighted by Gasteiger charge is -1.87. The molecule has 0 spiro atoms. The molecule has 0 aliphatic heterocycles. The molecule has 1 aromatic rings. The van der Waals surface area contributed by atoms with Gasteiger partial charge < -0.3 is 4.42 Å².